The topological polar surface area (TPSA) is 45.7 Å². The molecular formula is C23H28FN3O2. The van der Waals surface area contributed by atoms with Crippen LogP contribution in [-0.4, -0.2) is 65.1 Å². The average molecular weight is 397 g/mol. The van der Waals surface area contributed by atoms with Gasteiger partial charge < -0.3 is 14.5 Å². The lowest BCUT2D eigenvalue weighted by molar-refractivity contribution is -0.161. The lowest BCUT2D eigenvalue weighted by Gasteiger charge is -2.49. The van der Waals surface area contributed by atoms with E-state index in [2.05, 4.69) is 9.88 Å². The van der Waals surface area contributed by atoms with Gasteiger partial charge in [0.2, 0.25) is 0 Å². The van der Waals surface area contributed by atoms with E-state index in [4.69, 9.17) is 4.74 Å². The van der Waals surface area contributed by atoms with E-state index in [1.165, 1.54) is 6.20 Å². The lowest BCUT2D eigenvalue weighted by Crippen LogP contribution is -2.60. The number of carbonyl (C=O) groups excluding carboxylic acids is 1. The van der Waals surface area contributed by atoms with Crippen LogP contribution in [0.25, 0.3) is 0 Å². The molecule has 2 saturated heterocycles. The van der Waals surface area contributed by atoms with Gasteiger partial charge >= 0.3 is 0 Å². The van der Waals surface area contributed by atoms with Gasteiger partial charge in [-0.05, 0) is 49.9 Å². The average Bonchev–Trinajstić information content (AvgIpc) is 2.74. The number of morpholine rings is 1. The Morgan fingerprint density at radius 3 is 2.72 bits per heavy atom. The van der Waals surface area contributed by atoms with Gasteiger partial charge in [0.05, 0.1) is 24.4 Å². The van der Waals surface area contributed by atoms with Gasteiger partial charge in [-0.25, -0.2) is 4.39 Å². The Morgan fingerprint density at radius 2 is 2.00 bits per heavy atom. The van der Waals surface area contributed by atoms with Crippen LogP contribution in [0.3, 0.4) is 0 Å². The standard InChI is InChI=1S/C23H28FN3O2/c1-18-16-27(22(28)20-5-3-2-4-6-20)17-23(29-18)9-13-26(14-10-23)12-8-19-7-11-25-15-21(19)24/h2-7,11,15,18H,8-10,12-14,16-17H2,1H3. The number of benzene rings is 1. The molecule has 2 aliphatic rings. The number of hydrogen-bond donors (Lipinski definition) is 0. The number of halogens is 1. The van der Waals surface area contributed by atoms with Crippen LogP contribution in [0, 0.1) is 5.82 Å². The Bertz CT molecular complexity index is 837. The highest BCUT2D eigenvalue weighted by atomic mass is 19.1. The summed E-state index contributed by atoms with van der Waals surface area (Å²) in [6.07, 6.45) is 5.38. The van der Waals surface area contributed by atoms with Gasteiger partial charge in [-0.15, -0.1) is 0 Å². The summed E-state index contributed by atoms with van der Waals surface area (Å²) in [6.45, 7) is 5.92. The van der Waals surface area contributed by atoms with Crippen molar-refractivity contribution in [3.05, 3.63) is 65.7 Å². The van der Waals surface area contributed by atoms with E-state index in [9.17, 15) is 9.18 Å². The second-order valence-electron chi connectivity index (χ2n) is 8.22. The maximum atomic E-state index is 13.8. The summed E-state index contributed by atoms with van der Waals surface area (Å²) in [4.78, 5) is 21.1. The van der Waals surface area contributed by atoms with Crippen molar-refractivity contribution in [2.75, 3.05) is 32.7 Å². The predicted octanol–water partition coefficient (Wildman–Crippen LogP) is 3.16. The minimum Gasteiger partial charge on any atom is -0.368 e. The molecule has 1 spiro atoms. The first-order valence-electron chi connectivity index (χ1n) is 10.4. The van der Waals surface area contributed by atoms with Gasteiger partial charge in [0.15, 0.2) is 0 Å². The summed E-state index contributed by atoms with van der Waals surface area (Å²) in [6, 6.07) is 11.2. The number of likely N-dealkylation sites (tertiary alicyclic amines) is 1. The molecule has 1 unspecified atom stereocenters. The number of aromatic nitrogens is 1. The van der Waals surface area contributed by atoms with Crippen LogP contribution in [-0.2, 0) is 11.2 Å². The first-order chi connectivity index (χ1) is 14.0. The van der Waals surface area contributed by atoms with Gasteiger partial charge in [0.1, 0.15) is 5.82 Å². The number of hydrogen-bond acceptors (Lipinski definition) is 4. The predicted molar refractivity (Wildman–Crippen MR) is 109 cm³/mol. The van der Waals surface area contributed by atoms with E-state index in [0.717, 1.165) is 38.0 Å². The highest BCUT2D eigenvalue weighted by Gasteiger charge is 2.43. The van der Waals surface area contributed by atoms with Crippen LogP contribution in [0.15, 0.2) is 48.8 Å². The van der Waals surface area contributed by atoms with Gasteiger partial charge in [-0.1, -0.05) is 18.2 Å². The molecule has 0 radical (unpaired) electrons. The molecule has 2 aromatic rings. The quantitative estimate of drug-likeness (QED) is 0.795. The second kappa shape index (κ2) is 8.59. The zero-order valence-electron chi connectivity index (χ0n) is 16.9. The first-order valence-corrected chi connectivity index (χ1v) is 10.4. The van der Waals surface area contributed by atoms with E-state index < -0.39 is 0 Å². The van der Waals surface area contributed by atoms with Crippen LogP contribution in [0.4, 0.5) is 4.39 Å². The number of rotatable bonds is 4. The molecule has 0 N–H and O–H groups in total. The maximum absolute atomic E-state index is 13.8. The Kier molecular flexibility index (Phi) is 5.92. The van der Waals surface area contributed by atoms with Crippen LogP contribution >= 0.6 is 0 Å². The SMILES string of the molecule is CC1CN(C(=O)c2ccccc2)CC2(CCN(CCc3ccncc3F)CC2)O1. The molecule has 29 heavy (non-hydrogen) atoms. The maximum Gasteiger partial charge on any atom is 0.254 e. The van der Waals surface area contributed by atoms with Gasteiger partial charge in [-0.3, -0.25) is 9.78 Å². The highest BCUT2D eigenvalue weighted by Crippen LogP contribution is 2.33. The molecule has 0 bridgehead atoms. The Labute approximate surface area is 171 Å². The van der Waals surface area contributed by atoms with E-state index >= 15 is 0 Å². The number of piperidine rings is 1. The van der Waals surface area contributed by atoms with E-state index in [1.54, 1.807) is 12.3 Å². The van der Waals surface area contributed by atoms with Crippen molar-refractivity contribution < 1.29 is 13.9 Å². The van der Waals surface area contributed by atoms with Gasteiger partial charge in [0, 0.05) is 37.9 Å². The van der Waals surface area contributed by atoms with Crippen molar-refractivity contribution in [2.24, 2.45) is 0 Å². The third-order valence-corrected chi connectivity index (χ3v) is 6.04. The number of carbonyl (C=O) groups is 1. The van der Waals surface area contributed by atoms with Crippen molar-refractivity contribution in [3.8, 4) is 0 Å². The smallest absolute Gasteiger partial charge is 0.254 e. The van der Waals surface area contributed by atoms with E-state index in [1.807, 2.05) is 42.2 Å². The first kappa shape index (κ1) is 20.0. The van der Waals surface area contributed by atoms with E-state index in [-0.39, 0.29) is 23.4 Å². The lowest BCUT2D eigenvalue weighted by atomic mass is 9.88. The van der Waals surface area contributed by atoms with Gasteiger partial charge in [0.25, 0.3) is 5.91 Å². The summed E-state index contributed by atoms with van der Waals surface area (Å²) in [5, 5.41) is 0. The fourth-order valence-corrected chi connectivity index (χ4v) is 4.49. The Morgan fingerprint density at radius 1 is 1.24 bits per heavy atom. The summed E-state index contributed by atoms with van der Waals surface area (Å²) >= 11 is 0. The molecule has 5 nitrogen and oxygen atoms in total. The summed E-state index contributed by atoms with van der Waals surface area (Å²) in [5.41, 5.74) is 1.16. The van der Waals surface area contributed by atoms with Crippen molar-refractivity contribution in [1.29, 1.82) is 0 Å². The van der Waals surface area contributed by atoms with Crippen LogP contribution < -0.4 is 0 Å². The van der Waals surface area contributed by atoms with Crippen molar-refractivity contribution >= 4 is 5.91 Å². The van der Waals surface area contributed by atoms with Crippen LogP contribution in [0.1, 0.15) is 35.7 Å². The Balaban J connectivity index is 1.35. The Hall–Kier alpha value is -2.31. The molecule has 2 fully saturated rings. The van der Waals surface area contributed by atoms with Crippen LogP contribution in [0.2, 0.25) is 0 Å². The number of pyridine rings is 1. The number of nitrogens with zero attached hydrogens (tertiary/aromatic N) is 3. The minimum absolute atomic E-state index is 0.0221. The van der Waals surface area contributed by atoms with Crippen molar-refractivity contribution in [3.63, 3.8) is 0 Å². The van der Waals surface area contributed by atoms with E-state index in [0.29, 0.717) is 25.1 Å². The molecule has 4 rings (SSSR count). The minimum atomic E-state index is -0.277. The van der Waals surface area contributed by atoms with Crippen LogP contribution in [0.5, 0.6) is 0 Å². The third kappa shape index (κ3) is 4.65. The summed E-state index contributed by atoms with van der Waals surface area (Å²) < 4.78 is 20.2. The second-order valence-corrected chi connectivity index (χ2v) is 8.22. The zero-order chi connectivity index (χ0) is 20.3. The number of ether oxygens (including phenoxy) is 1. The zero-order valence-corrected chi connectivity index (χ0v) is 16.9. The molecule has 154 valence electrons. The largest absolute Gasteiger partial charge is 0.368 e. The molecule has 0 saturated carbocycles. The van der Waals surface area contributed by atoms with Crippen molar-refractivity contribution in [2.45, 2.75) is 37.9 Å². The number of amides is 1. The molecule has 1 amide bonds. The molecule has 0 aliphatic carbocycles. The molecule has 6 heteroatoms. The molecule has 1 aromatic carbocycles. The molecule has 1 atom stereocenters. The monoisotopic (exact) mass is 397 g/mol. The molecule has 2 aliphatic heterocycles. The molecule has 3 heterocycles. The molecular weight excluding hydrogens is 369 g/mol. The third-order valence-electron chi connectivity index (χ3n) is 6.04. The normalized spacial score (nSPS) is 22.0. The summed E-state index contributed by atoms with van der Waals surface area (Å²) in [5.74, 6) is -0.156. The molecule has 1 aromatic heterocycles. The highest BCUT2D eigenvalue weighted by molar-refractivity contribution is 5.94. The fraction of sp³-hybridized carbons (Fsp3) is 0.478. The summed E-state index contributed by atoms with van der Waals surface area (Å²) in [7, 11) is 0. The van der Waals surface area contributed by atoms with Gasteiger partial charge in [-0.2, -0.15) is 0 Å². The van der Waals surface area contributed by atoms with Crippen molar-refractivity contribution in [1.82, 2.24) is 14.8 Å². The fourth-order valence-electron chi connectivity index (χ4n) is 4.49.